The number of hydrogen-bond acceptors (Lipinski definition) is 7. The zero-order valence-corrected chi connectivity index (χ0v) is 16.4. The smallest absolute Gasteiger partial charge is 0.310 e. The van der Waals surface area contributed by atoms with Crippen LogP contribution < -0.4 is 0 Å². The maximum atomic E-state index is 13.2. The molecule has 0 aromatic heterocycles. The van der Waals surface area contributed by atoms with E-state index in [-0.39, 0.29) is 4.90 Å². The van der Waals surface area contributed by atoms with Gasteiger partial charge in [-0.25, -0.2) is 0 Å². The molecule has 1 unspecified atom stereocenters. The minimum Gasteiger partial charge on any atom is -0.310 e. The van der Waals surface area contributed by atoms with Gasteiger partial charge in [-0.2, -0.15) is 21.6 Å². The first-order chi connectivity index (χ1) is 11.4. The van der Waals surface area contributed by atoms with E-state index in [2.05, 4.69) is 8.71 Å². The Labute approximate surface area is 148 Å². The van der Waals surface area contributed by atoms with Crippen molar-refractivity contribution in [3.05, 3.63) is 23.8 Å². The molecular formula is C13H18F3O6PS2. The summed E-state index contributed by atoms with van der Waals surface area (Å²) in [6.07, 6.45) is -5.08. The maximum absolute atomic E-state index is 13.2. The Balaban J connectivity index is 3.29. The second-order valence-electron chi connectivity index (χ2n) is 4.98. The topological polar surface area (TPSA) is 78.9 Å². The van der Waals surface area contributed by atoms with Crippen molar-refractivity contribution in [2.24, 2.45) is 0 Å². The van der Waals surface area contributed by atoms with Crippen LogP contribution in [0.4, 0.5) is 13.2 Å². The van der Waals surface area contributed by atoms with Crippen LogP contribution in [-0.4, -0.2) is 34.2 Å². The molecule has 1 aromatic rings. The molecule has 1 rings (SSSR count). The van der Waals surface area contributed by atoms with Crippen molar-refractivity contribution in [2.45, 2.75) is 35.9 Å². The van der Waals surface area contributed by atoms with Crippen LogP contribution in [0.25, 0.3) is 0 Å². The van der Waals surface area contributed by atoms with Gasteiger partial charge in [0.25, 0.3) is 10.1 Å². The Hall–Kier alpha value is -0.580. The number of halogens is 3. The molecular weight excluding hydrogens is 404 g/mol. The first kappa shape index (κ1) is 22.5. The summed E-state index contributed by atoms with van der Waals surface area (Å²) in [5.74, 6) is 0. The van der Waals surface area contributed by atoms with Crippen molar-refractivity contribution < 1.29 is 39.4 Å². The summed E-state index contributed by atoms with van der Waals surface area (Å²) >= 11 is 0.812. The van der Waals surface area contributed by atoms with Gasteiger partial charge in [0.05, 0.1) is 11.7 Å². The molecule has 0 aliphatic carbocycles. The van der Waals surface area contributed by atoms with Crippen LogP contribution in [0.3, 0.4) is 0 Å². The molecule has 25 heavy (non-hydrogen) atoms. The van der Waals surface area contributed by atoms with Gasteiger partial charge in [0.2, 0.25) is 0 Å². The van der Waals surface area contributed by atoms with Crippen LogP contribution in [0.1, 0.15) is 19.4 Å². The van der Waals surface area contributed by atoms with E-state index in [1.165, 1.54) is 26.2 Å². The molecule has 0 heterocycles. The van der Waals surface area contributed by atoms with Gasteiger partial charge in [-0.3, -0.25) is 8.75 Å². The van der Waals surface area contributed by atoms with Crippen LogP contribution in [0.2, 0.25) is 0 Å². The predicted octanol–water partition coefficient (Wildman–Crippen LogP) is 4.35. The number of hydrogen-bond donors (Lipinski definition) is 0. The molecule has 0 radical (unpaired) electrons. The SMILES string of the molecule is COP(=O)(COS(=O)(=O)c1c(SC)cccc1C(F)(F)F)OC(C)C. The van der Waals surface area contributed by atoms with E-state index < -0.39 is 46.8 Å². The molecule has 1 aromatic carbocycles. The Kier molecular flexibility index (Phi) is 7.55. The summed E-state index contributed by atoms with van der Waals surface area (Å²) in [6, 6.07) is 2.95. The molecule has 0 aliphatic rings. The molecule has 0 N–H and O–H groups in total. The maximum Gasteiger partial charge on any atom is 0.417 e. The fraction of sp³-hybridized carbons (Fsp3) is 0.538. The van der Waals surface area contributed by atoms with E-state index in [1.807, 2.05) is 0 Å². The molecule has 0 amide bonds. The van der Waals surface area contributed by atoms with E-state index in [1.54, 1.807) is 0 Å². The highest BCUT2D eigenvalue weighted by Crippen LogP contribution is 2.49. The molecule has 0 aliphatic heterocycles. The van der Waals surface area contributed by atoms with Gasteiger partial charge in [0.1, 0.15) is 4.90 Å². The summed E-state index contributed by atoms with van der Waals surface area (Å²) in [4.78, 5) is -1.17. The number of rotatable bonds is 8. The van der Waals surface area contributed by atoms with Gasteiger partial charge < -0.3 is 9.05 Å². The standard InChI is InChI=1S/C13H18F3O6PS2/c1-9(2)22-23(17,20-3)8-21-25(18,19)12-10(13(14,15)16)6-5-7-11(12)24-4/h5-7,9H,8H2,1-4H3. The Morgan fingerprint density at radius 1 is 1.28 bits per heavy atom. The molecule has 144 valence electrons. The fourth-order valence-corrected chi connectivity index (χ4v) is 5.72. The highest BCUT2D eigenvalue weighted by Gasteiger charge is 2.40. The molecule has 0 saturated carbocycles. The summed E-state index contributed by atoms with van der Waals surface area (Å²) in [7, 11) is -7.79. The van der Waals surface area contributed by atoms with Gasteiger partial charge in [-0.15, -0.1) is 11.8 Å². The summed E-state index contributed by atoms with van der Waals surface area (Å²) < 4.78 is 90.7. The normalized spacial score (nSPS) is 15.4. The molecule has 1 atom stereocenters. The average molecular weight is 422 g/mol. The molecule has 0 saturated heterocycles. The van der Waals surface area contributed by atoms with E-state index >= 15 is 0 Å². The van der Waals surface area contributed by atoms with E-state index in [9.17, 15) is 26.2 Å². The quantitative estimate of drug-likeness (QED) is 0.350. The van der Waals surface area contributed by atoms with Crippen LogP contribution in [0.15, 0.2) is 28.0 Å². The van der Waals surface area contributed by atoms with Gasteiger partial charge >= 0.3 is 13.8 Å². The summed E-state index contributed by atoms with van der Waals surface area (Å²) in [6.45, 7) is 3.07. The second-order valence-corrected chi connectivity index (χ2v) is 9.44. The van der Waals surface area contributed by atoms with Crippen LogP contribution in [-0.2, 0) is 34.1 Å². The van der Waals surface area contributed by atoms with E-state index in [0.717, 1.165) is 24.9 Å². The van der Waals surface area contributed by atoms with Gasteiger partial charge in [0, 0.05) is 12.0 Å². The minimum atomic E-state index is -4.91. The van der Waals surface area contributed by atoms with Crippen molar-refractivity contribution in [3.8, 4) is 0 Å². The van der Waals surface area contributed by atoms with Crippen LogP contribution >= 0.6 is 19.4 Å². The van der Waals surface area contributed by atoms with Gasteiger partial charge in [-0.1, -0.05) is 6.07 Å². The molecule has 6 nitrogen and oxygen atoms in total. The Morgan fingerprint density at radius 3 is 2.32 bits per heavy atom. The van der Waals surface area contributed by atoms with Gasteiger partial charge in [-0.05, 0) is 32.2 Å². The van der Waals surface area contributed by atoms with Crippen LogP contribution in [0, 0.1) is 0 Å². The first-order valence-electron chi connectivity index (χ1n) is 6.83. The third-order valence-electron chi connectivity index (χ3n) is 2.77. The monoisotopic (exact) mass is 422 g/mol. The van der Waals surface area contributed by atoms with Crippen molar-refractivity contribution in [3.63, 3.8) is 0 Å². The van der Waals surface area contributed by atoms with Crippen LogP contribution in [0.5, 0.6) is 0 Å². The lowest BCUT2D eigenvalue weighted by atomic mass is 10.2. The Bertz CT molecular complexity index is 749. The third-order valence-corrected chi connectivity index (χ3v) is 6.97. The van der Waals surface area contributed by atoms with Crippen molar-refractivity contribution in [2.75, 3.05) is 19.7 Å². The number of benzene rings is 1. The average Bonchev–Trinajstić information content (AvgIpc) is 2.51. The molecule has 12 heteroatoms. The zero-order chi connectivity index (χ0) is 19.5. The highest BCUT2D eigenvalue weighted by atomic mass is 32.2. The second kappa shape index (κ2) is 8.41. The Morgan fingerprint density at radius 2 is 1.88 bits per heavy atom. The van der Waals surface area contributed by atoms with Crippen molar-refractivity contribution in [1.29, 1.82) is 0 Å². The molecule has 0 fully saturated rings. The van der Waals surface area contributed by atoms with E-state index in [0.29, 0.717) is 6.07 Å². The fourth-order valence-electron chi connectivity index (χ4n) is 1.80. The first-order valence-corrected chi connectivity index (χ1v) is 11.2. The lowest BCUT2D eigenvalue weighted by molar-refractivity contribution is -0.140. The predicted molar refractivity (Wildman–Crippen MR) is 87.2 cm³/mol. The van der Waals surface area contributed by atoms with Crippen molar-refractivity contribution in [1.82, 2.24) is 0 Å². The largest absolute Gasteiger partial charge is 0.417 e. The lowest BCUT2D eigenvalue weighted by Crippen LogP contribution is -2.18. The van der Waals surface area contributed by atoms with Crippen molar-refractivity contribution >= 4 is 29.5 Å². The summed E-state index contributed by atoms with van der Waals surface area (Å²) in [5.41, 5.74) is -1.36. The molecule has 0 bridgehead atoms. The summed E-state index contributed by atoms with van der Waals surface area (Å²) in [5, 5.41) is 0. The number of alkyl halides is 3. The number of thioether (sulfide) groups is 1. The molecule has 0 spiro atoms. The zero-order valence-electron chi connectivity index (χ0n) is 13.9. The van der Waals surface area contributed by atoms with E-state index in [4.69, 9.17) is 4.52 Å². The highest BCUT2D eigenvalue weighted by molar-refractivity contribution is 7.99. The van der Waals surface area contributed by atoms with Gasteiger partial charge in [0.15, 0.2) is 6.35 Å². The minimum absolute atomic E-state index is 0.146. The third kappa shape index (κ3) is 5.97. The lowest BCUT2D eigenvalue weighted by Gasteiger charge is -2.20.